The van der Waals surface area contributed by atoms with Crippen LogP contribution in [0.5, 0.6) is 5.75 Å². The molecule has 0 aliphatic carbocycles. The van der Waals surface area contributed by atoms with Crippen molar-refractivity contribution in [1.29, 1.82) is 0 Å². The molecular weight excluding hydrogens is 254 g/mol. The fourth-order valence-electron chi connectivity index (χ4n) is 2.70. The number of nitrogens with one attached hydrogen (secondary N) is 1. The fraction of sp³-hybridized carbons (Fsp3) is 0.562. The highest BCUT2D eigenvalue weighted by molar-refractivity contribution is 5.89. The van der Waals surface area contributed by atoms with Crippen LogP contribution in [0.15, 0.2) is 24.3 Å². The molecule has 1 fully saturated rings. The van der Waals surface area contributed by atoms with E-state index in [9.17, 15) is 4.79 Å². The van der Waals surface area contributed by atoms with Crippen LogP contribution in [0.1, 0.15) is 36.5 Å². The number of rotatable bonds is 5. The van der Waals surface area contributed by atoms with E-state index in [4.69, 9.17) is 9.47 Å². The number of quaternary nitrogens is 1. The predicted octanol–water partition coefficient (Wildman–Crippen LogP) is 1.31. The largest absolute Gasteiger partial charge is 0.497 e. The second-order valence-electron chi connectivity index (χ2n) is 5.46. The maximum Gasteiger partial charge on any atom is 0.338 e. The Morgan fingerprint density at radius 1 is 1.30 bits per heavy atom. The van der Waals surface area contributed by atoms with Crippen molar-refractivity contribution in [2.45, 2.75) is 32.3 Å². The van der Waals surface area contributed by atoms with E-state index in [1.807, 2.05) is 13.0 Å². The molecule has 0 saturated carbocycles. The summed E-state index contributed by atoms with van der Waals surface area (Å²) in [5.74, 6) is 0.404. The Bertz CT molecular complexity index is 441. The zero-order valence-electron chi connectivity index (χ0n) is 12.4. The molecule has 2 rings (SSSR count). The third kappa shape index (κ3) is 4.23. The van der Waals surface area contributed by atoms with E-state index in [1.54, 1.807) is 30.2 Å². The van der Waals surface area contributed by atoms with Gasteiger partial charge in [-0.15, -0.1) is 0 Å². The molecule has 1 atom stereocenters. The summed E-state index contributed by atoms with van der Waals surface area (Å²) in [4.78, 5) is 13.6. The lowest BCUT2D eigenvalue weighted by molar-refractivity contribution is -0.907. The number of piperidine rings is 1. The van der Waals surface area contributed by atoms with Gasteiger partial charge in [-0.2, -0.15) is 0 Å². The number of methoxy groups -OCH3 is 1. The van der Waals surface area contributed by atoms with Crippen molar-refractivity contribution in [2.24, 2.45) is 0 Å². The van der Waals surface area contributed by atoms with Gasteiger partial charge < -0.3 is 14.4 Å². The number of likely N-dealkylation sites (tertiary alicyclic amines) is 1. The number of hydrogen-bond acceptors (Lipinski definition) is 3. The molecule has 4 nitrogen and oxygen atoms in total. The van der Waals surface area contributed by atoms with Gasteiger partial charge in [0.25, 0.3) is 0 Å². The van der Waals surface area contributed by atoms with E-state index >= 15 is 0 Å². The van der Waals surface area contributed by atoms with E-state index in [-0.39, 0.29) is 12.1 Å². The third-order valence-corrected chi connectivity index (χ3v) is 3.75. The monoisotopic (exact) mass is 278 g/mol. The Kier molecular flexibility index (Phi) is 5.41. The summed E-state index contributed by atoms with van der Waals surface area (Å²) in [7, 11) is 1.59. The molecule has 1 aromatic carbocycles. The first kappa shape index (κ1) is 14.9. The van der Waals surface area contributed by atoms with Crippen LogP contribution < -0.4 is 9.64 Å². The normalized spacial score (nSPS) is 17.5. The lowest BCUT2D eigenvalue weighted by atomic mass is 10.1. The van der Waals surface area contributed by atoms with E-state index in [2.05, 4.69) is 0 Å². The summed E-state index contributed by atoms with van der Waals surface area (Å²) in [5.41, 5.74) is 0.546. The van der Waals surface area contributed by atoms with Crippen molar-refractivity contribution in [2.75, 3.05) is 26.7 Å². The Morgan fingerprint density at radius 3 is 2.75 bits per heavy atom. The summed E-state index contributed by atoms with van der Waals surface area (Å²) < 4.78 is 10.6. The first-order chi connectivity index (χ1) is 9.69. The minimum Gasteiger partial charge on any atom is -0.497 e. The lowest BCUT2D eigenvalue weighted by Crippen LogP contribution is -3.13. The van der Waals surface area contributed by atoms with Gasteiger partial charge in [0.05, 0.1) is 25.8 Å². The minimum atomic E-state index is -0.271. The Balaban J connectivity index is 1.86. The SMILES string of the molecule is COc1cccc(C(=O)OC(C)C[NH+]2CCCCC2)c1. The van der Waals surface area contributed by atoms with Crippen molar-refractivity contribution in [1.82, 2.24) is 0 Å². The van der Waals surface area contributed by atoms with E-state index < -0.39 is 0 Å². The zero-order valence-corrected chi connectivity index (χ0v) is 12.4. The summed E-state index contributed by atoms with van der Waals surface area (Å²) >= 11 is 0. The van der Waals surface area contributed by atoms with Crippen molar-refractivity contribution in [3.8, 4) is 5.75 Å². The smallest absolute Gasteiger partial charge is 0.338 e. The number of benzene rings is 1. The number of carbonyl (C=O) groups is 1. The van der Waals surface area contributed by atoms with Crippen molar-refractivity contribution < 1.29 is 19.2 Å². The first-order valence-corrected chi connectivity index (χ1v) is 7.37. The standard InChI is InChI=1S/C16H23NO3/c1-13(12-17-9-4-3-5-10-17)20-16(18)14-7-6-8-15(11-14)19-2/h6-8,11,13H,3-5,9-10,12H2,1-2H3/p+1. The topological polar surface area (TPSA) is 40.0 Å². The molecule has 1 N–H and O–H groups in total. The number of esters is 1. The summed E-state index contributed by atoms with van der Waals surface area (Å²) in [5, 5.41) is 0. The summed E-state index contributed by atoms with van der Waals surface area (Å²) in [6, 6.07) is 7.09. The lowest BCUT2D eigenvalue weighted by Gasteiger charge is -2.26. The van der Waals surface area contributed by atoms with Gasteiger partial charge >= 0.3 is 5.97 Å². The van der Waals surface area contributed by atoms with Gasteiger partial charge in [-0.1, -0.05) is 6.07 Å². The van der Waals surface area contributed by atoms with Gasteiger partial charge in [-0.25, -0.2) is 4.79 Å². The second-order valence-corrected chi connectivity index (χ2v) is 5.46. The fourth-order valence-corrected chi connectivity index (χ4v) is 2.70. The second kappa shape index (κ2) is 7.29. The molecule has 0 spiro atoms. The van der Waals surface area contributed by atoms with Gasteiger partial charge in [0.1, 0.15) is 18.4 Å². The van der Waals surface area contributed by atoms with Crippen LogP contribution in [0.25, 0.3) is 0 Å². The maximum atomic E-state index is 12.1. The van der Waals surface area contributed by atoms with Crippen molar-refractivity contribution in [3.63, 3.8) is 0 Å². The highest BCUT2D eigenvalue weighted by Gasteiger charge is 2.20. The minimum absolute atomic E-state index is 0.0539. The van der Waals surface area contributed by atoms with Crippen molar-refractivity contribution >= 4 is 5.97 Å². The average molecular weight is 278 g/mol. The molecule has 110 valence electrons. The van der Waals surface area contributed by atoms with Gasteiger partial charge in [-0.05, 0) is 44.4 Å². The molecule has 1 aliphatic heterocycles. The Morgan fingerprint density at radius 2 is 2.05 bits per heavy atom. The zero-order chi connectivity index (χ0) is 14.4. The molecule has 1 heterocycles. The summed E-state index contributed by atoms with van der Waals surface area (Å²) in [6.45, 7) is 5.26. The third-order valence-electron chi connectivity index (χ3n) is 3.75. The Hall–Kier alpha value is -1.55. The molecule has 1 unspecified atom stereocenters. The van der Waals surface area contributed by atoms with Crippen LogP contribution >= 0.6 is 0 Å². The molecule has 0 aromatic heterocycles. The van der Waals surface area contributed by atoms with Crippen LogP contribution in [0.4, 0.5) is 0 Å². The average Bonchev–Trinajstić information content (AvgIpc) is 2.48. The van der Waals surface area contributed by atoms with Gasteiger partial charge in [0.15, 0.2) is 0 Å². The molecule has 0 radical (unpaired) electrons. The quantitative estimate of drug-likeness (QED) is 0.826. The number of ether oxygens (including phenoxy) is 2. The molecule has 1 saturated heterocycles. The van der Waals surface area contributed by atoms with Gasteiger partial charge in [-0.3, -0.25) is 0 Å². The molecule has 0 amide bonds. The molecule has 20 heavy (non-hydrogen) atoms. The predicted molar refractivity (Wildman–Crippen MR) is 77.3 cm³/mol. The molecule has 1 aromatic rings. The van der Waals surface area contributed by atoms with Crippen LogP contribution in [0.2, 0.25) is 0 Å². The highest BCUT2D eigenvalue weighted by Crippen LogP contribution is 2.13. The number of carbonyl (C=O) groups excluding carboxylic acids is 1. The first-order valence-electron chi connectivity index (χ1n) is 7.37. The molecule has 0 bridgehead atoms. The van der Waals surface area contributed by atoms with Gasteiger partial charge in [0.2, 0.25) is 0 Å². The van der Waals surface area contributed by atoms with Crippen LogP contribution in [0.3, 0.4) is 0 Å². The molecule has 1 aliphatic rings. The molecular formula is C16H24NO3+. The molecule has 4 heteroatoms. The van der Waals surface area contributed by atoms with Crippen LogP contribution in [0, 0.1) is 0 Å². The van der Waals surface area contributed by atoms with Crippen molar-refractivity contribution in [3.05, 3.63) is 29.8 Å². The summed E-state index contributed by atoms with van der Waals surface area (Å²) in [6.07, 6.45) is 3.85. The number of hydrogen-bond donors (Lipinski definition) is 1. The van der Waals surface area contributed by atoms with Crippen LogP contribution in [-0.4, -0.2) is 38.8 Å². The highest BCUT2D eigenvalue weighted by atomic mass is 16.5. The maximum absolute atomic E-state index is 12.1. The van der Waals surface area contributed by atoms with E-state index in [0.717, 1.165) is 6.54 Å². The van der Waals surface area contributed by atoms with E-state index in [1.165, 1.54) is 32.4 Å². The Labute approximate surface area is 120 Å². The van der Waals surface area contributed by atoms with E-state index in [0.29, 0.717) is 11.3 Å². The van der Waals surface area contributed by atoms with Crippen LogP contribution in [-0.2, 0) is 4.74 Å². The van der Waals surface area contributed by atoms with Gasteiger partial charge in [0, 0.05) is 0 Å².